The molecular formula is C27H31N. The van der Waals surface area contributed by atoms with Crippen LogP contribution in [0.3, 0.4) is 0 Å². The van der Waals surface area contributed by atoms with Gasteiger partial charge in [-0.3, -0.25) is 0 Å². The molecule has 1 heteroatoms. The number of rotatable bonds is 9. The summed E-state index contributed by atoms with van der Waals surface area (Å²) in [5.74, 6) is 0. The van der Waals surface area contributed by atoms with E-state index in [0.29, 0.717) is 0 Å². The molecule has 0 unspecified atom stereocenters. The van der Waals surface area contributed by atoms with E-state index in [1.807, 2.05) is 25.1 Å². The zero-order valence-corrected chi connectivity index (χ0v) is 17.4. The van der Waals surface area contributed by atoms with Crippen LogP contribution in [0.4, 0.5) is 0 Å². The number of unbranched alkanes of at least 4 members (excludes halogenated alkanes) is 2. The van der Waals surface area contributed by atoms with Gasteiger partial charge in [-0.25, -0.2) is 4.98 Å². The van der Waals surface area contributed by atoms with Gasteiger partial charge in [0.2, 0.25) is 0 Å². The average Bonchev–Trinajstić information content (AvgIpc) is 2.73. The molecule has 0 atom stereocenters. The summed E-state index contributed by atoms with van der Waals surface area (Å²) in [4.78, 5) is 4.96. The molecule has 2 aromatic rings. The minimum absolute atomic E-state index is 0.995. The minimum atomic E-state index is 0.995. The first-order valence-electron chi connectivity index (χ1n) is 10.0. The van der Waals surface area contributed by atoms with E-state index in [1.165, 1.54) is 5.57 Å². The molecule has 1 aromatic carbocycles. The Morgan fingerprint density at radius 3 is 2.50 bits per heavy atom. The number of aromatic nitrogens is 1. The summed E-state index contributed by atoms with van der Waals surface area (Å²) in [6, 6.07) is 14.7. The first-order chi connectivity index (χ1) is 13.7. The summed E-state index contributed by atoms with van der Waals surface area (Å²) in [5, 5.41) is 0. The quantitative estimate of drug-likeness (QED) is 0.247. The van der Waals surface area contributed by atoms with Crippen molar-refractivity contribution in [3.63, 3.8) is 0 Å². The van der Waals surface area contributed by atoms with Crippen LogP contribution in [0.1, 0.15) is 51.3 Å². The van der Waals surface area contributed by atoms with E-state index >= 15 is 0 Å². The highest BCUT2D eigenvalue weighted by Crippen LogP contribution is 2.27. The molecule has 0 bridgehead atoms. The molecule has 0 fully saturated rings. The van der Waals surface area contributed by atoms with Gasteiger partial charge in [-0.2, -0.15) is 0 Å². The van der Waals surface area contributed by atoms with Crippen LogP contribution in [0, 0.1) is 0 Å². The van der Waals surface area contributed by atoms with Crippen molar-refractivity contribution in [2.75, 3.05) is 0 Å². The second-order valence-electron chi connectivity index (χ2n) is 6.74. The maximum atomic E-state index is 4.96. The first kappa shape index (κ1) is 21.4. The van der Waals surface area contributed by atoms with Crippen LogP contribution in [0.2, 0.25) is 0 Å². The molecule has 144 valence electrons. The maximum absolute atomic E-state index is 4.96. The van der Waals surface area contributed by atoms with Crippen molar-refractivity contribution in [2.24, 2.45) is 0 Å². The summed E-state index contributed by atoms with van der Waals surface area (Å²) in [6.45, 7) is 10.1. The third-order valence-electron chi connectivity index (χ3n) is 4.54. The molecule has 0 radical (unpaired) electrons. The van der Waals surface area contributed by atoms with Gasteiger partial charge in [0.05, 0.1) is 11.4 Å². The topological polar surface area (TPSA) is 12.9 Å². The Morgan fingerprint density at radius 1 is 1.04 bits per heavy atom. The average molecular weight is 370 g/mol. The van der Waals surface area contributed by atoms with Gasteiger partial charge < -0.3 is 0 Å². The van der Waals surface area contributed by atoms with Crippen LogP contribution in [-0.2, 0) is 0 Å². The monoisotopic (exact) mass is 369 g/mol. The van der Waals surface area contributed by atoms with Gasteiger partial charge in [-0.05, 0) is 68.9 Å². The molecule has 0 aliphatic carbocycles. The minimum Gasteiger partial charge on any atom is -0.248 e. The van der Waals surface area contributed by atoms with Crippen LogP contribution in [0.15, 0.2) is 91.6 Å². The highest BCUT2D eigenvalue weighted by atomic mass is 14.7. The molecule has 0 saturated carbocycles. The second-order valence-corrected chi connectivity index (χ2v) is 6.74. The Kier molecular flexibility index (Phi) is 8.94. The normalized spacial score (nSPS) is 12.8. The SMILES string of the molecule is C=C/C=C(\C=C/C)c1cc(/C(C)=C/CCC/C=C\C)nc(-c2ccccc2)c1. The highest BCUT2D eigenvalue weighted by molar-refractivity contribution is 5.80. The van der Waals surface area contributed by atoms with Gasteiger partial charge >= 0.3 is 0 Å². The third-order valence-corrected chi connectivity index (χ3v) is 4.54. The number of benzene rings is 1. The number of allylic oxidation sites excluding steroid dienone is 9. The molecule has 0 saturated heterocycles. The van der Waals surface area contributed by atoms with E-state index in [0.717, 1.165) is 47.4 Å². The fourth-order valence-corrected chi connectivity index (χ4v) is 3.04. The Bertz CT molecular complexity index is 880. The lowest BCUT2D eigenvalue weighted by atomic mass is 9.99. The van der Waals surface area contributed by atoms with Gasteiger partial charge in [0.25, 0.3) is 0 Å². The summed E-state index contributed by atoms with van der Waals surface area (Å²) in [5.41, 5.74) is 6.67. The zero-order chi connectivity index (χ0) is 20.2. The van der Waals surface area contributed by atoms with Crippen molar-refractivity contribution >= 4 is 11.1 Å². The van der Waals surface area contributed by atoms with Crippen molar-refractivity contribution in [3.05, 3.63) is 103 Å². The Hall–Kier alpha value is -2.93. The van der Waals surface area contributed by atoms with Gasteiger partial charge in [-0.1, -0.05) is 79.4 Å². The van der Waals surface area contributed by atoms with E-state index in [1.54, 1.807) is 0 Å². The highest BCUT2D eigenvalue weighted by Gasteiger charge is 2.08. The summed E-state index contributed by atoms with van der Waals surface area (Å²) >= 11 is 0. The van der Waals surface area contributed by atoms with E-state index in [2.05, 4.69) is 87.2 Å². The number of nitrogens with zero attached hydrogens (tertiary/aromatic N) is 1. The molecule has 0 aliphatic heterocycles. The first-order valence-corrected chi connectivity index (χ1v) is 10.0. The van der Waals surface area contributed by atoms with Crippen LogP contribution in [-0.4, -0.2) is 4.98 Å². The van der Waals surface area contributed by atoms with Gasteiger partial charge in [0, 0.05) is 5.56 Å². The van der Waals surface area contributed by atoms with E-state index in [-0.39, 0.29) is 0 Å². The van der Waals surface area contributed by atoms with E-state index in [9.17, 15) is 0 Å². The Morgan fingerprint density at radius 2 is 1.82 bits per heavy atom. The standard InChI is InChI=1S/C27H31N/c1-5-8-9-10-12-17-22(4)26-20-25(23(15-6-2)16-7-3)21-27(28-26)24-18-13-11-14-19-24/h5-8,11,13-21H,2,9-10,12H2,1,3-4H3/b8-5-,16-7-,22-17+,23-15+. The molecule has 0 amide bonds. The summed E-state index contributed by atoms with van der Waals surface area (Å²) < 4.78 is 0. The van der Waals surface area contributed by atoms with Crippen molar-refractivity contribution in [3.8, 4) is 11.3 Å². The van der Waals surface area contributed by atoms with Crippen LogP contribution in [0.25, 0.3) is 22.4 Å². The molecule has 0 spiro atoms. The summed E-state index contributed by atoms with van der Waals surface area (Å²) in [7, 11) is 0. The van der Waals surface area contributed by atoms with Gasteiger partial charge in [0.1, 0.15) is 0 Å². The van der Waals surface area contributed by atoms with Gasteiger partial charge in [0.15, 0.2) is 0 Å². The molecule has 1 heterocycles. The second kappa shape index (κ2) is 11.7. The van der Waals surface area contributed by atoms with Crippen molar-refractivity contribution < 1.29 is 0 Å². The lowest BCUT2D eigenvalue weighted by Gasteiger charge is -2.11. The summed E-state index contributed by atoms with van der Waals surface area (Å²) in [6.07, 6.45) is 18.0. The zero-order valence-electron chi connectivity index (χ0n) is 17.4. The Labute approximate surface area is 170 Å². The molecule has 1 aromatic heterocycles. The largest absolute Gasteiger partial charge is 0.248 e. The number of hydrogen-bond donors (Lipinski definition) is 0. The molecule has 1 nitrogen and oxygen atoms in total. The predicted octanol–water partition coefficient (Wildman–Crippen LogP) is 8.04. The van der Waals surface area contributed by atoms with Crippen molar-refractivity contribution in [1.82, 2.24) is 4.98 Å². The molecule has 0 N–H and O–H groups in total. The number of pyridine rings is 1. The maximum Gasteiger partial charge on any atom is 0.0715 e. The lowest BCUT2D eigenvalue weighted by molar-refractivity contribution is 0.867. The molecule has 28 heavy (non-hydrogen) atoms. The van der Waals surface area contributed by atoms with Gasteiger partial charge in [-0.15, -0.1) is 0 Å². The smallest absolute Gasteiger partial charge is 0.0715 e. The number of hydrogen-bond acceptors (Lipinski definition) is 1. The fraction of sp³-hybridized carbons (Fsp3) is 0.222. The lowest BCUT2D eigenvalue weighted by Crippen LogP contribution is -1.95. The third kappa shape index (κ3) is 6.35. The fourth-order valence-electron chi connectivity index (χ4n) is 3.04. The van der Waals surface area contributed by atoms with Crippen LogP contribution in [0.5, 0.6) is 0 Å². The Balaban J connectivity index is 2.46. The van der Waals surface area contributed by atoms with Crippen LogP contribution >= 0.6 is 0 Å². The molecule has 0 aliphatic rings. The van der Waals surface area contributed by atoms with Crippen molar-refractivity contribution in [2.45, 2.75) is 40.0 Å². The molecule has 2 rings (SSSR count). The molecular weight excluding hydrogens is 338 g/mol. The van der Waals surface area contributed by atoms with Crippen molar-refractivity contribution in [1.29, 1.82) is 0 Å². The van der Waals surface area contributed by atoms with E-state index < -0.39 is 0 Å². The van der Waals surface area contributed by atoms with Crippen LogP contribution < -0.4 is 0 Å². The van der Waals surface area contributed by atoms with E-state index in [4.69, 9.17) is 4.98 Å². The predicted molar refractivity (Wildman–Crippen MR) is 125 cm³/mol.